The molecule has 0 aliphatic heterocycles. The first-order valence-corrected chi connectivity index (χ1v) is 14.3. The molecule has 0 spiro atoms. The van der Waals surface area contributed by atoms with E-state index in [1.165, 1.54) is 153 Å². The van der Waals surface area contributed by atoms with Gasteiger partial charge in [-0.25, -0.2) is 4.57 Å². The monoisotopic (exact) mass is 430 g/mol. The van der Waals surface area contributed by atoms with Crippen LogP contribution in [0, 0.1) is 0 Å². The Labute approximate surface area is 196 Å². The zero-order chi connectivity index (χ0) is 22.2. The molecule has 31 heavy (non-hydrogen) atoms. The Bertz CT molecular complexity index is 464. The van der Waals surface area contributed by atoms with Crippen molar-refractivity contribution < 1.29 is 4.57 Å². The summed E-state index contributed by atoms with van der Waals surface area (Å²) in [6, 6.07) is 4.71. The highest BCUT2D eigenvalue weighted by atomic mass is 14.9. The lowest BCUT2D eigenvalue weighted by molar-refractivity contribution is -0.697. The van der Waals surface area contributed by atoms with Crippen LogP contribution >= 0.6 is 0 Å². The van der Waals surface area contributed by atoms with Gasteiger partial charge in [-0.1, -0.05) is 129 Å². The Morgan fingerprint density at radius 3 is 1.23 bits per heavy atom. The first-order chi connectivity index (χ1) is 15.4. The summed E-state index contributed by atoms with van der Waals surface area (Å²) in [6.45, 7) is 5.78. The van der Waals surface area contributed by atoms with Crippen LogP contribution in [0.4, 0.5) is 0 Å². The van der Waals surface area contributed by atoms with Gasteiger partial charge in [-0.05, 0) is 24.8 Å². The Morgan fingerprint density at radius 2 is 0.806 bits per heavy atom. The summed E-state index contributed by atoms with van der Waals surface area (Å²) in [5.74, 6) is 0. The van der Waals surface area contributed by atoms with Crippen LogP contribution in [0.3, 0.4) is 0 Å². The zero-order valence-corrected chi connectivity index (χ0v) is 21.5. The Morgan fingerprint density at radius 1 is 0.452 bits per heavy atom. The molecule has 1 aromatic heterocycles. The summed E-state index contributed by atoms with van der Waals surface area (Å²) < 4.78 is 2.38. The second-order valence-electron chi connectivity index (χ2n) is 9.91. The standard InChI is InChI=1S/C30H56N/c1-3-5-7-9-11-13-15-16-18-20-22-24-30-25-28-31(29-26-30)27-23-21-19-17-14-12-10-8-6-4-2/h25-26,28-29H,3-24,27H2,1-2H3/q+1. The lowest BCUT2D eigenvalue weighted by atomic mass is 10.0. The molecule has 0 bridgehead atoms. The molecule has 0 fully saturated rings. The van der Waals surface area contributed by atoms with Gasteiger partial charge in [0.25, 0.3) is 0 Å². The van der Waals surface area contributed by atoms with Crippen LogP contribution in [0.5, 0.6) is 0 Å². The number of aryl methyl sites for hydroxylation is 2. The van der Waals surface area contributed by atoms with Crippen molar-refractivity contribution in [3.8, 4) is 0 Å². The van der Waals surface area contributed by atoms with Crippen molar-refractivity contribution in [1.82, 2.24) is 0 Å². The number of rotatable bonds is 23. The lowest BCUT2D eigenvalue weighted by Gasteiger charge is -2.04. The third-order valence-electron chi connectivity index (χ3n) is 6.80. The molecule has 0 aliphatic rings. The van der Waals surface area contributed by atoms with Gasteiger partial charge in [0.1, 0.15) is 6.54 Å². The number of pyridine rings is 1. The summed E-state index contributed by atoms with van der Waals surface area (Å²) >= 11 is 0. The van der Waals surface area contributed by atoms with Crippen LogP contribution in [-0.2, 0) is 13.0 Å². The lowest BCUT2D eigenvalue weighted by Crippen LogP contribution is -2.32. The normalized spacial score (nSPS) is 11.3. The maximum Gasteiger partial charge on any atom is 0.169 e. The molecule has 1 nitrogen and oxygen atoms in total. The molecule has 0 unspecified atom stereocenters. The van der Waals surface area contributed by atoms with E-state index in [2.05, 4.69) is 42.9 Å². The van der Waals surface area contributed by atoms with Gasteiger partial charge < -0.3 is 0 Å². The van der Waals surface area contributed by atoms with Gasteiger partial charge in [-0.15, -0.1) is 0 Å². The van der Waals surface area contributed by atoms with Crippen molar-refractivity contribution in [3.05, 3.63) is 30.1 Å². The predicted molar refractivity (Wildman–Crippen MR) is 139 cm³/mol. The predicted octanol–water partition coefficient (Wildman–Crippen LogP) is 9.75. The maximum absolute atomic E-state index is 2.38. The van der Waals surface area contributed by atoms with E-state index >= 15 is 0 Å². The first kappa shape index (κ1) is 28.2. The van der Waals surface area contributed by atoms with Crippen LogP contribution in [0.25, 0.3) is 0 Å². The van der Waals surface area contributed by atoms with E-state index in [4.69, 9.17) is 0 Å². The second kappa shape index (κ2) is 22.3. The van der Waals surface area contributed by atoms with Crippen molar-refractivity contribution in [3.63, 3.8) is 0 Å². The molecule has 0 atom stereocenters. The molecule has 1 heterocycles. The van der Waals surface area contributed by atoms with Crippen molar-refractivity contribution in [1.29, 1.82) is 0 Å². The van der Waals surface area contributed by atoms with Crippen LogP contribution in [0.1, 0.15) is 154 Å². The van der Waals surface area contributed by atoms with Gasteiger partial charge in [0.15, 0.2) is 12.4 Å². The van der Waals surface area contributed by atoms with Crippen molar-refractivity contribution in [2.24, 2.45) is 0 Å². The van der Waals surface area contributed by atoms with Crippen molar-refractivity contribution >= 4 is 0 Å². The minimum absolute atomic E-state index is 1.19. The third kappa shape index (κ3) is 18.4. The zero-order valence-electron chi connectivity index (χ0n) is 21.5. The van der Waals surface area contributed by atoms with E-state index < -0.39 is 0 Å². The van der Waals surface area contributed by atoms with Gasteiger partial charge >= 0.3 is 0 Å². The van der Waals surface area contributed by atoms with E-state index in [0.29, 0.717) is 0 Å². The topological polar surface area (TPSA) is 3.88 Å². The highest BCUT2D eigenvalue weighted by molar-refractivity contribution is 5.07. The Balaban J connectivity index is 1.90. The quantitative estimate of drug-likeness (QED) is 0.120. The fourth-order valence-electron chi connectivity index (χ4n) is 4.58. The molecule has 1 rings (SSSR count). The highest BCUT2D eigenvalue weighted by Crippen LogP contribution is 2.13. The largest absolute Gasteiger partial charge is 0.205 e. The molecule has 0 saturated carbocycles. The fourth-order valence-corrected chi connectivity index (χ4v) is 4.58. The molecular formula is C30H56N+. The Hall–Kier alpha value is -0.850. The van der Waals surface area contributed by atoms with E-state index in [1.807, 2.05) is 0 Å². The number of hydrogen-bond acceptors (Lipinski definition) is 0. The highest BCUT2D eigenvalue weighted by Gasteiger charge is 2.02. The van der Waals surface area contributed by atoms with Crippen LogP contribution in [0.15, 0.2) is 24.5 Å². The SMILES string of the molecule is CCCCCCCCCCCCCc1cc[n+](CCCCCCCCCCCC)cc1. The fraction of sp³-hybridized carbons (Fsp3) is 0.833. The summed E-state index contributed by atoms with van der Waals surface area (Å²) in [5.41, 5.74) is 1.52. The molecule has 0 aromatic carbocycles. The van der Waals surface area contributed by atoms with Crippen LogP contribution < -0.4 is 4.57 Å². The van der Waals surface area contributed by atoms with Gasteiger partial charge in [-0.2, -0.15) is 0 Å². The Kier molecular flexibility index (Phi) is 20.3. The smallest absolute Gasteiger partial charge is 0.169 e. The molecular weight excluding hydrogens is 374 g/mol. The van der Waals surface area contributed by atoms with E-state index in [-0.39, 0.29) is 0 Å². The summed E-state index contributed by atoms with van der Waals surface area (Å²) in [5, 5.41) is 0. The first-order valence-electron chi connectivity index (χ1n) is 14.3. The maximum atomic E-state index is 2.38. The number of unbranched alkanes of at least 4 members (excludes halogenated alkanes) is 19. The van der Waals surface area contributed by atoms with Crippen LogP contribution in [-0.4, -0.2) is 0 Å². The van der Waals surface area contributed by atoms with E-state index in [0.717, 1.165) is 0 Å². The van der Waals surface area contributed by atoms with Gasteiger partial charge in [0.2, 0.25) is 0 Å². The van der Waals surface area contributed by atoms with E-state index in [1.54, 1.807) is 0 Å². The summed E-state index contributed by atoms with van der Waals surface area (Å²) in [6.07, 6.45) is 35.8. The molecule has 1 heteroatoms. The molecule has 0 N–H and O–H groups in total. The third-order valence-corrected chi connectivity index (χ3v) is 6.80. The van der Waals surface area contributed by atoms with Gasteiger partial charge in [0.05, 0.1) is 0 Å². The minimum Gasteiger partial charge on any atom is -0.205 e. The minimum atomic E-state index is 1.19. The van der Waals surface area contributed by atoms with E-state index in [9.17, 15) is 0 Å². The number of nitrogens with zero attached hydrogens (tertiary/aromatic N) is 1. The van der Waals surface area contributed by atoms with Gasteiger partial charge in [-0.3, -0.25) is 0 Å². The van der Waals surface area contributed by atoms with Gasteiger partial charge in [0, 0.05) is 18.6 Å². The summed E-state index contributed by atoms with van der Waals surface area (Å²) in [4.78, 5) is 0. The molecule has 0 amide bonds. The van der Waals surface area contributed by atoms with Crippen LogP contribution in [0.2, 0.25) is 0 Å². The second-order valence-corrected chi connectivity index (χ2v) is 9.91. The van der Waals surface area contributed by atoms with Crippen molar-refractivity contribution in [2.75, 3.05) is 0 Å². The number of aromatic nitrogens is 1. The molecule has 0 saturated heterocycles. The summed E-state index contributed by atoms with van der Waals surface area (Å²) in [7, 11) is 0. The molecule has 180 valence electrons. The average Bonchev–Trinajstić information content (AvgIpc) is 2.79. The molecule has 0 aliphatic carbocycles. The average molecular weight is 431 g/mol. The molecule has 1 aromatic rings. The molecule has 0 radical (unpaired) electrons. The van der Waals surface area contributed by atoms with Crippen molar-refractivity contribution in [2.45, 2.75) is 162 Å². The number of hydrogen-bond donors (Lipinski definition) is 0.